The van der Waals surface area contributed by atoms with Gasteiger partial charge < -0.3 is 5.11 Å². The zero-order valence-corrected chi connectivity index (χ0v) is 13.1. The van der Waals surface area contributed by atoms with E-state index in [0.717, 1.165) is 5.56 Å². The van der Waals surface area contributed by atoms with Crippen LogP contribution in [0.1, 0.15) is 28.4 Å². The number of benzene rings is 1. The second-order valence-electron chi connectivity index (χ2n) is 5.21. The quantitative estimate of drug-likeness (QED) is 0.863. The maximum Gasteiger partial charge on any atom is 0.163 e. The number of carbonyl (C=O) groups excluding carboxylic acids is 1. The van der Waals surface area contributed by atoms with E-state index in [-0.39, 0.29) is 17.1 Å². The lowest BCUT2D eigenvalue weighted by Crippen LogP contribution is -2.17. The van der Waals surface area contributed by atoms with Crippen LogP contribution in [0.15, 0.2) is 24.5 Å². The Bertz CT molecular complexity index is 667. The van der Waals surface area contributed by atoms with Gasteiger partial charge in [0.25, 0.3) is 0 Å². The van der Waals surface area contributed by atoms with E-state index in [1.165, 1.54) is 13.0 Å². The third-order valence-electron chi connectivity index (χ3n) is 3.18. The fourth-order valence-corrected chi connectivity index (χ4v) is 2.50. The highest BCUT2D eigenvalue weighted by Crippen LogP contribution is 2.28. The van der Waals surface area contributed by atoms with Gasteiger partial charge >= 0.3 is 0 Å². The molecule has 0 aliphatic rings. The molecule has 0 amide bonds. The third kappa shape index (κ3) is 3.83. The smallest absolute Gasteiger partial charge is 0.163 e. The Balaban J connectivity index is 2.17. The molecule has 0 atom stereocenters. The normalized spacial score (nSPS) is 11.1. The molecule has 1 aromatic carbocycles. The summed E-state index contributed by atoms with van der Waals surface area (Å²) in [5.41, 5.74) is 1.97. The number of aryl methyl sites for hydroxylation is 1. The van der Waals surface area contributed by atoms with Crippen LogP contribution in [0.5, 0.6) is 5.75 Å². The van der Waals surface area contributed by atoms with Gasteiger partial charge in [-0.05, 0) is 26.1 Å². The minimum absolute atomic E-state index is 0.00457. The Morgan fingerprint density at radius 1 is 1.43 bits per heavy atom. The van der Waals surface area contributed by atoms with E-state index in [4.69, 9.17) is 11.6 Å². The summed E-state index contributed by atoms with van der Waals surface area (Å²) in [5.74, 6) is -0.198. The summed E-state index contributed by atoms with van der Waals surface area (Å²) in [6.45, 7) is 2.59. The highest BCUT2D eigenvalue weighted by atomic mass is 35.5. The highest BCUT2D eigenvalue weighted by Gasteiger charge is 2.14. The number of aromatic nitrogens is 2. The van der Waals surface area contributed by atoms with Crippen molar-refractivity contribution in [2.45, 2.75) is 20.0 Å². The van der Waals surface area contributed by atoms with E-state index in [1.54, 1.807) is 16.9 Å². The number of phenols is 1. The van der Waals surface area contributed by atoms with E-state index >= 15 is 0 Å². The molecule has 0 aliphatic carbocycles. The van der Waals surface area contributed by atoms with E-state index in [2.05, 4.69) is 5.10 Å². The number of aromatic hydroxyl groups is 1. The Hall–Kier alpha value is -1.85. The van der Waals surface area contributed by atoms with Crippen molar-refractivity contribution in [1.82, 2.24) is 14.7 Å². The Morgan fingerprint density at radius 2 is 2.14 bits per heavy atom. The van der Waals surface area contributed by atoms with Crippen molar-refractivity contribution in [2.75, 3.05) is 7.05 Å². The fourth-order valence-electron chi connectivity index (χ4n) is 2.26. The number of phenolic OH excluding ortho intramolecular Hbond substituents is 1. The van der Waals surface area contributed by atoms with Crippen LogP contribution in [-0.2, 0) is 20.1 Å². The molecule has 0 fully saturated rings. The van der Waals surface area contributed by atoms with Gasteiger partial charge in [0, 0.05) is 42.5 Å². The standard InChI is InChI=1S/C15H18ClN3O2/c1-10(20)14-5-13(16)4-12(15(14)21)9-18(2)7-11-6-17-19(3)8-11/h4-6,8,21H,7,9H2,1-3H3. The van der Waals surface area contributed by atoms with Crippen molar-refractivity contribution in [2.24, 2.45) is 7.05 Å². The second kappa shape index (κ2) is 6.28. The molecule has 6 heteroatoms. The molecule has 1 aromatic heterocycles. The number of ketones is 1. The Labute approximate surface area is 128 Å². The van der Waals surface area contributed by atoms with Crippen molar-refractivity contribution in [3.05, 3.63) is 46.2 Å². The molecule has 0 saturated carbocycles. The Morgan fingerprint density at radius 3 is 2.71 bits per heavy atom. The van der Waals surface area contributed by atoms with E-state index in [1.807, 2.05) is 25.2 Å². The van der Waals surface area contributed by atoms with Crippen LogP contribution < -0.4 is 0 Å². The fraction of sp³-hybridized carbons (Fsp3) is 0.333. The molecule has 2 aromatic rings. The van der Waals surface area contributed by atoms with Gasteiger partial charge in [-0.15, -0.1) is 0 Å². The van der Waals surface area contributed by atoms with Gasteiger partial charge in [-0.25, -0.2) is 0 Å². The number of hydrogen-bond acceptors (Lipinski definition) is 4. The lowest BCUT2D eigenvalue weighted by atomic mass is 10.1. The molecule has 1 heterocycles. The summed E-state index contributed by atoms with van der Waals surface area (Å²) in [6, 6.07) is 3.17. The highest BCUT2D eigenvalue weighted by molar-refractivity contribution is 6.31. The van der Waals surface area contributed by atoms with Crippen LogP contribution in [0.2, 0.25) is 5.02 Å². The number of nitrogens with zero attached hydrogens (tertiary/aromatic N) is 3. The van der Waals surface area contributed by atoms with Crippen molar-refractivity contribution < 1.29 is 9.90 Å². The number of halogens is 1. The zero-order valence-electron chi connectivity index (χ0n) is 12.3. The zero-order chi connectivity index (χ0) is 15.6. The molecular weight excluding hydrogens is 290 g/mol. The van der Waals surface area contributed by atoms with Crippen LogP contribution in [0.25, 0.3) is 0 Å². The van der Waals surface area contributed by atoms with E-state index < -0.39 is 0 Å². The average Bonchev–Trinajstić information content (AvgIpc) is 2.78. The molecule has 112 valence electrons. The van der Waals surface area contributed by atoms with Crippen LogP contribution >= 0.6 is 11.6 Å². The molecule has 5 nitrogen and oxygen atoms in total. The topological polar surface area (TPSA) is 58.4 Å². The predicted molar refractivity (Wildman–Crippen MR) is 81.5 cm³/mol. The molecular formula is C15H18ClN3O2. The predicted octanol–water partition coefficient (Wildman–Crippen LogP) is 2.61. The molecule has 0 unspecified atom stereocenters. The Kier molecular flexibility index (Phi) is 4.65. The van der Waals surface area contributed by atoms with Gasteiger partial charge in [-0.1, -0.05) is 11.6 Å². The maximum absolute atomic E-state index is 11.5. The number of hydrogen-bond donors (Lipinski definition) is 1. The van der Waals surface area contributed by atoms with Crippen molar-refractivity contribution >= 4 is 17.4 Å². The molecule has 0 aliphatic heterocycles. The minimum Gasteiger partial charge on any atom is -0.507 e. The first-order valence-electron chi connectivity index (χ1n) is 6.55. The molecule has 0 bridgehead atoms. The number of Topliss-reactive ketones (excluding diaryl/α,β-unsaturated/α-hetero) is 1. The molecule has 0 saturated heterocycles. The largest absolute Gasteiger partial charge is 0.507 e. The SMILES string of the molecule is CC(=O)c1cc(Cl)cc(CN(C)Cc2cnn(C)c2)c1O. The van der Waals surface area contributed by atoms with Gasteiger partial charge in [-0.2, -0.15) is 5.10 Å². The van der Waals surface area contributed by atoms with Crippen LogP contribution in [0.4, 0.5) is 0 Å². The van der Waals surface area contributed by atoms with Crippen LogP contribution in [0, 0.1) is 0 Å². The first-order chi connectivity index (χ1) is 9.86. The van der Waals surface area contributed by atoms with E-state index in [0.29, 0.717) is 23.7 Å². The second-order valence-corrected chi connectivity index (χ2v) is 5.65. The van der Waals surface area contributed by atoms with E-state index in [9.17, 15) is 9.90 Å². The first-order valence-corrected chi connectivity index (χ1v) is 6.93. The molecule has 2 rings (SSSR count). The summed E-state index contributed by atoms with van der Waals surface area (Å²) < 4.78 is 1.74. The van der Waals surface area contributed by atoms with Crippen LogP contribution in [0.3, 0.4) is 0 Å². The van der Waals surface area contributed by atoms with Crippen LogP contribution in [-0.4, -0.2) is 32.6 Å². The lowest BCUT2D eigenvalue weighted by Gasteiger charge is -2.17. The van der Waals surface area contributed by atoms with Gasteiger partial charge in [0.2, 0.25) is 0 Å². The van der Waals surface area contributed by atoms with Crippen molar-refractivity contribution in [3.63, 3.8) is 0 Å². The number of carbonyl (C=O) groups is 1. The third-order valence-corrected chi connectivity index (χ3v) is 3.40. The number of rotatable bonds is 5. The molecule has 1 N–H and O–H groups in total. The summed E-state index contributed by atoms with van der Waals surface area (Å²) >= 11 is 6.02. The minimum atomic E-state index is -0.203. The van der Waals surface area contributed by atoms with Gasteiger partial charge in [-0.3, -0.25) is 14.4 Å². The monoisotopic (exact) mass is 307 g/mol. The molecule has 0 radical (unpaired) electrons. The summed E-state index contributed by atoms with van der Waals surface area (Å²) in [7, 11) is 3.80. The lowest BCUT2D eigenvalue weighted by molar-refractivity contribution is 0.101. The van der Waals surface area contributed by atoms with Gasteiger partial charge in [0.05, 0.1) is 11.8 Å². The van der Waals surface area contributed by atoms with Gasteiger partial charge in [0.15, 0.2) is 5.78 Å². The average molecular weight is 308 g/mol. The van der Waals surface area contributed by atoms with Crippen molar-refractivity contribution in [1.29, 1.82) is 0 Å². The summed E-state index contributed by atoms with van der Waals surface area (Å²) in [4.78, 5) is 13.5. The molecule has 21 heavy (non-hydrogen) atoms. The maximum atomic E-state index is 11.5. The first kappa shape index (κ1) is 15.5. The summed E-state index contributed by atoms with van der Waals surface area (Å²) in [6.07, 6.45) is 3.74. The van der Waals surface area contributed by atoms with Crippen molar-refractivity contribution in [3.8, 4) is 5.75 Å². The van der Waals surface area contributed by atoms with Gasteiger partial charge in [0.1, 0.15) is 5.75 Å². The summed E-state index contributed by atoms with van der Waals surface area (Å²) in [5, 5.41) is 14.7. The molecule has 0 spiro atoms.